The fourth-order valence-corrected chi connectivity index (χ4v) is 1.67. The molecular formula is C15H28O3. The summed E-state index contributed by atoms with van der Waals surface area (Å²) in [5.41, 5.74) is 0. The zero-order valence-electron chi connectivity index (χ0n) is 11.7. The predicted octanol–water partition coefficient (Wildman–Crippen LogP) is 3.61. The van der Waals surface area contributed by atoms with Crippen molar-refractivity contribution in [1.29, 1.82) is 0 Å². The van der Waals surface area contributed by atoms with E-state index in [0.717, 1.165) is 19.3 Å². The van der Waals surface area contributed by atoms with E-state index in [0.29, 0.717) is 19.4 Å². The van der Waals surface area contributed by atoms with Crippen LogP contribution in [0.4, 0.5) is 0 Å². The van der Waals surface area contributed by atoms with E-state index in [9.17, 15) is 4.79 Å². The highest BCUT2D eigenvalue weighted by atomic mass is 16.5. The molecule has 3 nitrogen and oxygen atoms in total. The van der Waals surface area contributed by atoms with Crippen molar-refractivity contribution in [1.82, 2.24) is 0 Å². The average molecular weight is 256 g/mol. The second-order valence-corrected chi connectivity index (χ2v) is 4.48. The van der Waals surface area contributed by atoms with Crippen molar-refractivity contribution in [3.8, 4) is 0 Å². The molecule has 0 rings (SSSR count). The molecule has 0 aromatic carbocycles. The highest BCUT2D eigenvalue weighted by Gasteiger charge is 2.01. The molecule has 0 saturated carbocycles. The summed E-state index contributed by atoms with van der Waals surface area (Å²) in [6.07, 6.45) is 13.5. The maximum absolute atomic E-state index is 11.2. The summed E-state index contributed by atoms with van der Waals surface area (Å²) in [5, 5.41) is 8.53. The van der Waals surface area contributed by atoms with Crippen LogP contribution in [0.2, 0.25) is 0 Å². The number of aliphatic hydroxyl groups excluding tert-OH is 1. The number of allylic oxidation sites excluding steroid dienone is 2. The van der Waals surface area contributed by atoms with Gasteiger partial charge in [-0.1, -0.05) is 38.3 Å². The molecule has 0 fully saturated rings. The van der Waals surface area contributed by atoms with E-state index in [1.807, 2.05) is 0 Å². The van der Waals surface area contributed by atoms with E-state index >= 15 is 0 Å². The lowest BCUT2D eigenvalue weighted by atomic mass is 10.1. The summed E-state index contributed by atoms with van der Waals surface area (Å²) in [4.78, 5) is 11.2. The van der Waals surface area contributed by atoms with Gasteiger partial charge in [0.15, 0.2) is 0 Å². The highest BCUT2D eigenvalue weighted by Crippen LogP contribution is 2.08. The molecule has 1 N–H and O–H groups in total. The molecule has 0 saturated heterocycles. The second-order valence-electron chi connectivity index (χ2n) is 4.48. The van der Waals surface area contributed by atoms with Gasteiger partial charge in [-0.15, -0.1) is 0 Å². The summed E-state index contributed by atoms with van der Waals surface area (Å²) in [6.45, 7) is 2.58. The molecule has 0 heterocycles. The quantitative estimate of drug-likeness (QED) is 0.329. The van der Waals surface area contributed by atoms with Crippen LogP contribution in [-0.4, -0.2) is 24.3 Å². The number of carbonyl (C=O) groups is 1. The van der Waals surface area contributed by atoms with Gasteiger partial charge >= 0.3 is 5.97 Å². The predicted molar refractivity (Wildman–Crippen MR) is 74.4 cm³/mol. The molecule has 0 atom stereocenters. The number of esters is 1. The largest absolute Gasteiger partial charge is 0.466 e. The van der Waals surface area contributed by atoms with Gasteiger partial charge in [-0.25, -0.2) is 0 Å². The van der Waals surface area contributed by atoms with Crippen LogP contribution in [0.25, 0.3) is 0 Å². The van der Waals surface area contributed by atoms with Gasteiger partial charge in [0, 0.05) is 19.4 Å². The number of unbranched alkanes of at least 4 members (excludes halogenated alkanes) is 5. The number of ether oxygens (including phenoxy) is 1. The van der Waals surface area contributed by atoms with Crippen molar-refractivity contribution in [2.45, 2.75) is 64.7 Å². The van der Waals surface area contributed by atoms with E-state index in [1.165, 1.54) is 25.7 Å². The summed E-state index contributed by atoms with van der Waals surface area (Å²) >= 11 is 0. The van der Waals surface area contributed by atoms with E-state index in [2.05, 4.69) is 19.1 Å². The monoisotopic (exact) mass is 256 g/mol. The third-order valence-electron chi connectivity index (χ3n) is 2.72. The van der Waals surface area contributed by atoms with Crippen LogP contribution in [0, 0.1) is 0 Å². The standard InChI is InChI=1S/C15H28O3/c1-2-3-4-5-6-7-8-9-10-12-15(17)18-14-11-13-16/h3-4,16H,2,5-14H2,1H3. The fraction of sp³-hybridized carbons (Fsp3) is 0.800. The average Bonchev–Trinajstić information content (AvgIpc) is 2.37. The Morgan fingerprint density at radius 2 is 1.78 bits per heavy atom. The maximum Gasteiger partial charge on any atom is 0.305 e. The minimum atomic E-state index is -0.130. The third kappa shape index (κ3) is 13.2. The van der Waals surface area contributed by atoms with Crippen molar-refractivity contribution < 1.29 is 14.6 Å². The number of rotatable bonds is 12. The Bertz CT molecular complexity index is 212. The first kappa shape index (κ1) is 17.2. The minimum Gasteiger partial charge on any atom is -0.466 e. The molecular weight excluding hydrogens is 228 g/mol. The number of hydrogen-bond donors (Lipinski definition) is 1. The molecule has 3 heteroatoms. The lowest BCUT2D eigenvalue weighted by Crippen LogP contribution is -2.06. The molecule has 0 aliphatic rings. The molecule has 0 aromatic rings. The van der Waals surface area contributed by atoms with E-state index < -0.39 is 0 Å². The summed E-state index contributed by atoms with van der Waals surface area (Å²) in [7, 11) is 0. The van der Waals surface area contributed by atoms with E-state index in [4.69, 9.17) is 9.84 Å². The SMILES string of the molecule is CCC=CCCCCCCCC(=O)OCCCO. The molecule has 0 spiro atoms. The van der Waals surface area contributed by atoms with Crippen LogP contribution in [0.15, 0.2) is 12.2 Å². The Balaban J connectivity index is 3.15. The Kier molecular flexibility index (Phi) is 13.6. The number of hydrogen-bond acceptors (Lipinski definition) is 3. The van der Waals surface area contributed by atoms with Crippen LogP contribution in [0.5, 0.6) is 0 Å². The van der Waals surface area contributed by atoms with Crippen molar-refractivity contribution >= 4 is 5.97 Å². The summed E-state index contributed by atoms with van der Waals surface area (Å²) < 4.78 is 4.95. The Morgan fingerprint density at radius 3 is 2.50 bits per heavy atom. The van der Waals surface area contributed by atoms with E-state index in [-0.39, 0.29) is 12.6 Å². The van der Waals surface area contributed by atoms with Crippen molar-refractivity contribution in [2.24, 2.45) is 0 Å². The van der Waals surface area contributed by atoms with Gasteiger partial charge in [-0.3, -0.25) is 4.79 Å². The van der Waals surface area contributed by atoms with Gasteiger partial charge in [0.1, 0.15) is 0 Å². The molecule has 0 aliphatic heterocycles. The van der Waals surface area contributed by atoms with Gasteiger partial charge in [0.25, 0.3) is 0 Å². The Morgan fingerprint density at radius 1 is 1.06 bits per heavy atom. The van der Waals surface area contributed by atoms with Crippen molar-refractivity contribution in [2.75, 3.05) is 13.2 Å². The van der Waals surface area contributed by atoms with Crippen LogP contribution in [-0.2, 0) is 9.53 Å². The normalized spacial score (nSPS) is 11.0. The van der Waals surface area contributed by atoms with Crippen LogP contribution < -0.4 is 0 Å². The fourth-order valence-electron chi connectivity index (χ4n) is 1.67. The first-order chi connectivity index (χ1) is 8.81. The molecule has 0 unspecified atom stereocenters. The van der Waals surface area contributed by atoms with Crippen molar-refractivity contribution in [3.63, 3.8) is 0 Å². The Hall–Kier alpha value is -0.830. The lowest BCUT2D eigenvalue weighted by molar-refractivity contribution is -0.144. The number of carbonyl (C=O) groups excluding carboxylic acids is 1. The smallest absolute Gasteiger partial charge is 0.305 e. The lowest BCUT2D eigenvalue weighted by Gasteiger charge is -2.03. The van der Waals surface area contributed by atoms with Gasteiger partial charge in [-0.05, 0) is 25.7 Å². The summed E-state index contributed by atoms with van der Waals surface area (Å²) in [5.74, 6) is -0.130. The molecule has 106 valence electrons. The number of aliphatic hydroxyl groups is 1. The van der Waals surface area contributed by atoms with Gasteiger partial charge in [0.2, 0.25) is 0 Å². The first-order valence-electron chi connectivity index (χ1n) is 7.22. The third-order valence-corrected chi connectivity index (χ3v) is 2.72. The van der Waals surface area contributed by atoms with Crippen LogP contribution in [0.1, 0.15) is 64.7 Å². The molecule has 0 aliphatic carbocycles. The first-order valence-corrected chi connectivity index (χ1v) is 7.22. The zero-order valence-corrected chi connectivity index (χ0v) is 11.7. The molecule has 0 aromatic heterocycles. The highest BCUT2D eigenvalue weighted by molar-refractivity contribution is 5.69. The molecule has 0 bridgehead atoms. The molecule has 0 radical (unpaired) electrons. The van der Waals surface area contributed by atoms with Gasteiger partial charge < -0.3 is 9.84 Å². The molecule has 18 heavy (non-hydrogen) atoms. The van der Waals surface area contributed by atoms with Gasteiger partial charge in [-0.2, -0.15) is 0 Å². The topological polar surface area (TPSA) is 46.5 Å². The second kappa shape index (κ2) is 14.2. The minimum absolute atomic E-state index is 0.0831. The Labute approximate surface area is 111 Å². The van der Waals surface area contributed by atoms with Crippen LogP contribution in [0.3, 0.4) is 0 Å². The zero-order chi connectivity index (χ0) is 13.5. The van der Waals surface area contributed by atoms with Crippen LogP contribution >= 0.6 is 0 Å². The van der Waals surface area contributed by atoms with Crippen molar-refractivity contribution in [3.05, 3.63) is 12.2 Å². The summed E-state index contributed by atoms with van der Waals surface area (Å²) in [6, 6.07) is 0. The van der Waals surface area contributed by atoms with Gasteiger partial charge in [0.05, 0.1) is 6.61 Å². The molecule has 0 amide bonds. The van der Waals surface area contributed by atoms with E-state index in [1.54, 1.807) is 0 Å². The maximum atomic E-state index is 11.2.